The minimum Gasteiger partial charge on any atom is -0.480 e. The highest BCUT2D eigenvalue weighted by Crippen LogP contribution is 2.34. The van der Waals surface area contributed by atoms with E-state index in [0.29, 0.717) is 17.9 Å². The first-order valence-electron chi connectivity index (χ1n) is 6.06. The summed E-state index contributed by atoms with van der Waals surface area (Å²) in [4.78, 5) is 8.57. The minimum absolute atomic E-state index is 0.466. The Hall–Kier alpha value is -0.840. The van der Waals surface area contributed by atoms with Gasteiger partial charge in [-0.15, -0.1) is 0 Å². The van der Waals surface area contributed by atoms with Crippen LogP contribution < -0.4 is 10.1 Å². The number of anilines is 1. The third kappa shape index (κ3) is 3.56. The number of methoxy groups -OCH3 is 1. The van der Waals surface area contributed by atoms with Crippen LogP contribution in [-0.4, -0.2) is 23.1 Å². The third-order valence-corrected chi connectivity index (χ3v) is 3.59. The van der Waals surface area contributed by atoms with Crippen LogP contribution in [-0.2, 0) is 0 Å². The molecule has 1 aliphatic rings. The number of nitrogens with one attached hydrogen (secondary N) is 1. The molecule has 0 spiro atoms. The van der Waals surface area contributed by atoms with Crippen molar-refractivity contribution >= 4 is 21.9 Å². The smallest absolute Gasteiger partial charge is 0.232 e. The monoisotopic (exact) mass is 299 g/mol. The van der Waals surface area contributed by atoms with Crippen LogP contribution in [0.4, 0.5) is 5.95 Å². The van der Waals surface area contributed by atoms with E-state index >= 15 is 0 Å². The molecule has 2 rings (SSSR count). The average molecular weight is 300 g/mol. The van der Waals surface area contributed by atoms with Crippen LogP contribution in [0.15, 0.2) is 10.7 Å². The van der Waals surface area contributed by atoms with Gasteiger partial charge in [0.05, 0.1) is 17.8 Å². The Morgan fingerprint density at radius 1 is 1.59 bits per heavy atom. The molecule has 4 nitrogen and oxygen atoms in total. The maximum atomic E-state index is 5.16. The molecule has 17 heavy (non-hydrogen) atoms. The molecule has 0 aliphatic heterocycles. The molecular formula is C12H18BrN3O. The van der Waals surface area contributed by atoms with Gasteiger partial charge in [0.2, 0.25) is 11.8 Å². The topological polar surface area (TPSA) is 47.0 Å². The SMILES string of the molecule is CCC(CC1CC1)Nc1ncc(Br)c(OC)n1. The van der Waals surface area contributed by atoms with Gasteiger partial charge in [0.15, 0.2) is 0 Å². The predicted molar refractivity (Wildman–Crippen MR) is 71.3 cm³/mol. The Morgan fingerprint density at radius 3 is 2.94 bits per heavy atom. The molecule has 1 atom stereocenters. The highest BCUT2D eigenvalue weighted by atomic mass is 79.9. The number of ether oxygens (including phenoxy) is 1. The fraction of sp³-hybridized carbons (Fsp3) is 0.667. The summed E-state index contributed by atoms with van der Waals surface area (Å²) >= 11 is 3.35. The van der Waals surface area contributed by atoms with Crippen LogP contribution in [0, 0.1) is 5.92 Å². The molecule has 0 bridgehead atoms. The fourth-order valence-electron chi connectivity index (χ4n) is 1.83. The normalized spacial score (nSPS) is 16.6. The van der Waals surface area contributed by atoms with E-state index in [1.165, 1.54) is 19.3 Å². The molecule has 1 unspecified atom stereocenters. The van der Waals surface area contributed by atoms with Crippen molar-refractivity contribution in [2.45, 2.75) is 38.6 Å². The fourth-order valence-corrected chi connectivity index (χ4v) is 2.18. The molecule has 0 amide bonds. The maximum Gasteiger partial charge on any atom is 0.232 e. The summed E-state index contributed by atoms with van der Waals surface area (Å²) in [5, 5.41) is 3.38. The minimum atomic E-state index is 0.466. The second kappa shape index (κ2) is 5.67. The number of aromatic nitrogens is 2. The first kappa shape index (κ1) is 12.6. The van der Waals surface area contributed by atoms with E-state index in [0.717, 1.165) is 16.8 Å². The average Bonchev–Trinajstić information content (AvgIpc) is 3.14. The van der Waals surface area contributed by atoms with E-state index in [-0.39, 0.29) is 0 Å². The summed E-state index contributed by atoms with van der Waals surface area (Å²) in [6, 6.07) is 0.466. The van der Waals surface area contributed by atoms with Crippen LogP contribution in [0.25, 0.3) is 0 Å². The molecule has 1 aromatic heterocycles. The molecule has 1 N–H and O–H groups in total. The van der Waals surface area contributed by atoms with Crippen molar-refractivity contribution in [3.8, 4) is 5.88 Å². The summed E-state index contributed by atoms with van der Waals surface area (Å²) in [6.45, 7) is 2.19. The molecule has 0 aromatic carbocycles. The Kier molecular flexibility index (Phi) is 4.20. The third-order valence-electron chi connectivity index (χ3n) is 3.05. The van der Waals surface area contributed by atoms with Crippen LogP contribution in [0.1, 0.15) is 32.6 Å². The van der Waals surface area contributed by atoms with Gasteiger partial charge in [0.25, 0.3) is 0 Å². The van der Waals surface area contributed by atoms with Gasteiger partial charge >= 0.3 is 0 Å². The molecule has 0 saturated heterocycles. The molecule has 1 saturated carbocycles. The van der Waals surface area contributed by atoms with Gasteiger partial charge in [-0.1, -0.05) is 19.8 Å². The second-order valence-corrected chi connectivity index (χ2v) is 5.33. The zero-order chi connectivity index (χ0) is 12.3. The lowest BCUT2D eigenvalue weighted by atomic mass is 10.1. The van der Waals surface area contributed by atoms with Crippen LogP contribution in [0.3, 0.4) is 0 Å². The van der Waals surface area contributed by atoms with Gasteiger partial charge in [-0.2, -0.15) is 4.98 Å². The first-order valence-corrected chi connectivity index (χ1v) is 6.85. The largest absolute Gasteiger partial charge is 0.480 e. The Balaban J connectivity index is 2.00. The molecule has 1 fully saturated rings. The summed E-state index contributed by atoms with van der Waals surface area (Å²) in [5.74, 6) is 2.13. The van der Waals surface area contributed by atoms with E-state index in [4.69, 9.17) is 4.74 Å². The number of rotatable bonds is 6. The number of hydrogen-bond acceptors (Lipinski definition) is 4. The zero-order valence-electron chi connectivity index (χ0n) is 10.2. The van der Waals surface area contributed by atoms with Crippen molar-refractivity contribution in [2.75, 3.05) is 12.4 Å². The summed E-state index contributed by atoms with van der Waals surface area (Å²) in [7, 11) is 1.61. The lowest BCUT2D eigenvalue weighted by Gasteiger charge is -2.16. The van der Waals surface area contributed by atoms with Crippen molar-refractivity contribution in [3.05, 3.63) is 10.7 Å². The molecule has 0 radical (unpaired) electrons. The van der Waals surface area contributed by atoms with Gasteiger partial charge in [-0.3, -0.25) is 0 Å². The lowest BCUT2D eigenvalue weighted by Crippen LogP contribution is -2.20. The first-order chi connectivity index (χ1) is 8.22. The predicted octanol–water partition coefficient (Wildman–Crippen LogP) is 3.24. The zero-order valence-corrected chi connectivity index (χ0v) is 11.8. The van der Waals surface area contributed by atoms with Crippen LogP contribution in [0.5, 0.6) is 5.88 Å². The van der Waals surface area contributed by atoms with E-state index in [9.17, 15) is 0 Å². The van der Waals surface area contributed by atoms with Crippen molar-refractivity contribution in [1.29, 1.82) is 0 Å². The Bertz CT molecular complexity index is 382. The Morgan fingerprint density at radius 2 is 2.35 bits per heavy atom. The van der Waals surface area contributed by atoms with E-state index in [1.54, 1.807) is 13.3 Å². The quantitative estimate of drug-likeness (QED) is 0.876. The molecular weight excluding hydrogens is 282 g/mol. The van der Waals surface area contributed by atoms with Gasteiger partial charge in [-0.05, 0) is 34.7 Å². The molecule has 94 valence electrons. The highest BCUT2D eigenvalue weighted by Gasteiger charge is 2.25. The second-order valence-electron chi connectivity index (χ2n) is 4.48. The number of halogens is 1. The van der Waals surface area contributed by atoms with Crippen molar-refractivity contribution in [3.63, 3.8) is 0 Å². The van der Waals surface area contributed by atoms with E-state index < -0.39 is 0 Å². The lowest BCUT2D eigenvalue weighted by molar-refractivity contribution is 0.394. The molecule has 1 aromatic rings. The summed E-state index contributed by atoms with van der Waals surface area (Å²) < 4.78 is 5.93. The molecule has 1 aliphatic carbocycles. The van der Waals surface area contributed by atoms with Crippen LogP contribution >= 0.6 is 15.9 Å². The van der Waals surface area contributed by atoms with E-state index in [1.807, 2.05) is 0 Å². The van der Waals surface area contributed by atoms with Gasteiger partial charge in [0.1, 0.15) is 0 Å². The van der Waals surface area contributed by atoms with Crippen molar-refractivity contribution in [1.82, 2.24) is 9.97 Å². The number of hydrogen-bond donors (Lipinski definition) is 1. The van der Waals surface area contributed by atoms with Gasteiger partial charge in [0, 0.05) is 6.04 Å². The molecule has 1 heterocycles. The highest BCUT2D eigenvalue weighted by molar-refractivity contribution is 9.10. The van der Waals surface area contributed by atoms with Gasteiger partial charge in [-0.25, -0.2) is 4.98 Å². The summed E-state index contributed by atoms with van der Waals surface area (Å²) in [5.41, 5.74) is 0. The van der Waals surface area contributed by atoms with Crippen LogP contribution in [0.2, 0.25) is 0 Å². The van der Waals surface area contributed by atoms with Gasteiger partial charge < -0.3 is 10.1 Å². The number of nitrogens with zero attached hydrogens (tertiary/aromatic N) is 2. The maximum absolute atomic E-state index is 5.16. The summed E-state index contributed by atoms with van der Waals surface area (Å²) in [6.07, 6.45) is 6.79. The Labute approximate surface area is 110 Å². The van der Waals surface area contributed by atoms with E-state index in [2.05, 4.69) is 38.1 Å². The standard InChI is InChI=1S/C12H18BrN3O/c1-3-9(6-8-4-5-8)15-12-14-7-10(13)11(16-12)17-2/h7-9H,3-6H2,1-2H3,(H,14,15,16). The molecule has 5 heteroatoms. The van der Waals surface area contributed by atoms with Crippen molar-refractivity contribution < 1.29 is 4.74 Å². The van der Waals surface area contributed by atoms with Crippen molar-refractivity contribution in [2.24, 2.45) is 5.92 Å².